The summed E-state index contributed by atoms with van der Waals surface area (Å²) in [6.07, 6.45) is 3.53. The smallest absolute Gasteiger partial charge is 0.264 e. The first-order valence-corrected chi connectivity index (χ1v) is 9.14. The van der Waals surface area contributed by atoms with Crippen molar-refractivity contribution in [2.24, 2.45) is 4.99 Å². The predicted octanol–water partition coefficient (Wildman–Crippen LogP) is 4.91. The van der Waals surface area contributed by atoms with Crippen molar-refractivity contribution >= 4 is 50.5 Å². The number of nitrogens with one attached hydrogen (secondary N) is 1. The number of benzene rings is 2. The van der Waals surface area contributed by atoms with E-state index in [0.717, 1.165) is 21.5 Å². The van der Waals surface area contributed by atoms with E-state index in [4.69, 9.17) is 4.74 Å². The monoisotopic (exact) mass is 414 g/mol. The Bertz CT molecular complexity index is 843. The second kappa shape index (κ2) is 8.18. The van der Waals surface area contributed by atoms with Crippen molar-refractivity contribution in [3.63, 3.8) is 0 Å². The molecule has 0 bridgehead atoms. The molecule has 1 N–H and O–H groups in total. The van der Waals surface area contributed by atoms with E-state index in [1.165, 1.54) is 11.8 Å². The first-order valence-electron chi connectivity index (χ1n) is 7.53. The molecule has 2 aromatic carbocycles. The number of nitrogens with zero attached hydrogens (tertiary/aromatic N) is 1. The lowest BCUT2D eigenvalue weighted by molar-refractivity contribution is -0.115. The molecule has 0 aliphatic carbocycles. The molecule has 1 fully saturated rings. The molecule has 0 unspecified atom stereocenters. The van der Waals surface area contributed by atoms with Crippen molar-refractivity contribution in [1.82, 2.24) is 5.32 Å². The summed E-state index contributed by atoms with van der Waals surface area (Å²) in [5.41, 5.74) is 1.71. The summed E-state index contributed by atoms with van der Waals surface area (Å²) in [6.45, 7) is 4.08. The van der Waals surface area contributed by atoms with Crippen molar-refractivity contribution in [3.8, 4) is 5.75 Å². The zero-order valence-electron chi connectivity index (χ0n) is 13.2. The van der Waals surface area contributed by atoms with Crippen molar-refractivity contribution in [2.75, 3.05) is 6.61 Å². The number of amidine groups is 1. The fraction of sp³-hybridized carbons (Fsp3) is 0.0526. The molecular formula is C19H15BrN2O2S. The van der Waals surface area contributed by atoms with E-state index < -0.39 is 0 Å². The molecule has 1 aliphatic heterocycles. The van der Waals surface area contributed by atoms with Gasteiger partial charge in [-0.25, -0.2) is 4.99 Å². The van der Waals surface area contributed by atoms with Crippen LogP contribution in [0.1, 0.15) is 5.56 Å². The topological polar surface area (TPSA) is 50.7 Å². The quantitative estimate of drug-likeness (QED) is 0.558. The van der Waals surface area contributed by atoms with Crippen LogP contribution < -0.4 is 10.1 Å². The minimum atomic E-state index is -0.146. The van der Waals surface area contributed by atoms with Gasteiger partial charge in [0, 0.05) is 4.47 Å². The average Bonchev–Trinajstić information content (AvgIpc) is 2.95. The molecule has 25 heavy (non-hydrogen) atoms. The van der Waals surface area contributed by atoms with Gasteiger partial charge in [-0.1, -0.05) is 40.7 Å². The fourth-order valence-corrected chi connectivity index (χ4v) is 3.19. The van der Waals surface area contributed by atoms with Gasteiger partial charge in [-0.3, -0.25) is 4.79 Å². The third-order valence-electron chi connectivity index (χ3n) is 3.25. The number of hydrogen-bond donors (Lipinski definition) is 1. The highest BCUT2D eigenvalue weighted by Gasteiger charge is 2.23. The Kier molecular flexibility index (Phi) is 5.73. The molecule has 0 radical (unpaired) electrons. The maximum absolute atomic E-state index is 12.1. The zero-order valence-corrected chi connectivity index (χ0v) is 15.6. The number of carbonyl (C=O) groups excluding carboxylic acids is 1. The average molecular weight is 415 g/mol. The SMILES string of the molecule is C=CCOc1ccc(C=C2SC(=Nc3ccc(Br)cc3)NC2=O)cc1. The van der Waals surface area contributed by atoms with E-state index >= 15 is 0 Å². The Morgan fingerprint density at radius 2 is 1.88 bits per heavy atom. The fourth-order valence-electron chi connectivity index (χ4n) is 2.08. The van der Waals surface area contributed by atoms with Gasteiger partial charge in [0.2, 0.25) is 0 Å². The third-order valence-corrected chi connectivity index (χ3v) is 4.69. The molecule has 0 spiro atoms. The number of ether oxygens (including phenoxy) is 1. The molecule has 1 amide bonds. The highest BCUT2D eigenvalue weighted by molar-refractivity contribution is 9.10. The molecule has 4 nitrogen and oxygen atoms in total. The number of aliphatic imine (C=N–C) groups is 1. The molecule has 1 saturated heterocycles. The van der Waals surface area contributed by atoms with Gasteiger partial charge < -0.3 is 10.1 Å². The third kappa shape index (κ3) is 4.84. The van der Waals surface area contributed by atoms with Crippen molar-refractivity contribution in [1.29, 1.82) is 0 Å². The van der Waals surface area contributed by atoms with Crippen LogP contribution in [0.5, 0.6) is 5.75 Å². The molecule has 6 heteroatoms. The highest BCUT2D eigenvalue weighted by atomic mass is 79.9. The van der Waals surface area contributed by atoms with Crippen molar-refractivity contribution < 1.29 is 9.53 Å². The van der Waals surface area contributed by atoms with Gasteiger partial charge in [-0.2, -0.15) is 0 Å². The Morgan fingerprint density at radius 3 is 2.56 bits per heavy atom. The molecule has 0 atom stereocenters. The molecule has 1 heterocycles. The minimum Gasteiger partial charge on any atom is -0.490 e. The normalized spacial score (nSPS) is 16.9. The standard InChI is InChI=1S/C19H15BrN2O2S/c1-2-11-24-16-9-3-13(4-10-16)12-17-18(23)22-19(25-17)21-15-7-5-14(20)6-8-15/h2-10,12H,1,11H2,(H,21,22,23). The number of carbonyl (C=O) groups is 1. The van der Waals surface area contributed by atoms with Crippen LogP contribution in [0, 0.1) is 0 Å². The second-order valence-corrected chi connectivity index (χ2v) is 7.07. The number of halogens is 1. The Hall–Kier alpha value is -2.31. The number of hydrogen-bond acceptors (Lipinski definition) is 4. The van der Waals surface area contributed by atoms with Crippen LogP contribution in [-0.2, 0) is 4.79 Å². The van der Waals surface area contributed by atoms with E-state index in [1.807, 2.05) is 54.6 Å². The van der Waals surface area contributed by atoms with Crippen LogP contribution >= 0.6 is 27.7 Å². The van der Waals surface area contributed by atoms with Crippen LogP contribution in [0.4, 0.5) is 5.69 Å². The van der Waals surface area contributed by atoms with Gasteiger partial charge in [-0.15, -0.1) is 0 Å². The van der Waals surface area contributed by atoms with Crippen molar-refractivity contribution in [3.05, 3.63) is 76.1 Å². The summed E-state index contributed by atoms with van der Waals surface area (Å²) in [7, 11) is 0. The van der Waals surface area contributed by atoms with E-state index in [9.17, 15) is 4.79 Å². The summed E-state index contributed by atoms with van der Waals surface area (Å²) in [5, 5.41) is 3.36. The molecule has 1 aliphatic rings. The van der Waals surface area contributed by atoms with Gasteiger partial charge in [-0.05, 0) is 59.8 Å². The first-order chi connectivity index (χ1) is 12.1. The van der Waals surface area contributed by atoms with E-state index in [0.29, 0.717) is 16.7 Å². The molecule has 0 saturated carbocycles. The molecule has 0 aromatic heterocycles. The van der Waals surface area contributed by atoms with Gasteiger partial charge in [0.15, 0.2) is 5.17 Å². The number of thioether (sulfide) groups is 1. The summed E-state index contributed by atoms with van der Waals surface area (Å²) < 4.78 is 6.43. The van der Waals surface area contributed by atoms with Crippen LogP contribution in [-0.4, -0.2) is 17.7 Å². The van der Waals surface area contributed by atoms with Crippen LogP contribution in [0.25, 0.3) is 6.08 Å². The van der Waals surface area contributed by atoms with E-state index in [2.05, 4.69) is 32.8 Å². The predicted molar refractivity (Wildman–Crippen MR) is 107 cm³/mol. The van der Waals surface area contributed by atoms with Crippen LogP contribution in [0.2, 0.25) is 0 Å². The maximum atomic E-state index is 12.1. The molecule has 126 valence electrons. The lowest BCUT2D eigenvalue weighted by Gasteiger charge is -2.03. The molecule has 3 rings (SSSR count). The van der Waals surface area contributed by atoms with Crippen molar-refractivity contribution in [2.45, 2.75) is 0 Å². The Morgan fingerprint density at radius 1 is 1.16 bits per heavy atom. The second-order valence-electron chi connectivity index (χ2n) is 5.13. The van der Waals surface area contributed by atoms with Crippen LogP contribution in [0.15, 0.2) is 75.6 Å². The van der Waals surface area contributed by atoms with Gasteiger partial charge >= 0.3 is 0 Å². The van der Waals surface area contributed by atoms with Gasteiger partial charge in [0.25, 0.3) is 5.91 Å². The van der Waals surface area contributed by atoms with E-state index in [1.54, 1.807) is 6.08 Å². The van der Waals surface area contributed by atoms with Crippen LogP contribution in [0.3, 0.4) is 0 Å². The first kappa shape index (κ1) is 17.5. The number of amides is 1. The maximum Gasteiger partial charge on any atom is 0.264 e. The largest absolute Gasteiger partial charge is 0.490 e. The Balaban J connectivity index is 1.72. The zero-order chi connectivity index (χ0) is 17.6. The number of rotatable bonds is 5. The summed E-state index contributed by atoms with van der Waals surface area (Å²) in [6, 6.07) is 15.1. The lowest BCUT2D eigenvalue weighted by Crippen LogP contribution is -2.19. The molecular weight excluding hydrogens is 400 g/mol. The van der Waals surface area contributed by atoms with E-state index in [-0.39, 0.29) is 5.91 Å². The van der Waals surface area contributed by atoms with Gasteiger partial charge in [0.1, 0.15) is 12.4 Å². The summed E-state index contributed by atoms with van der Waals surface area (Å²) in [4.78, 5) is 17.2. The lowest BCUT2D eigenvalue weighted by atomic mass is 10.2. The molecule has 2 aromatic rings. The summed E-state index contributed by atoms with van der Waals surface area (Å²) >= 11 is 4.71. The Labute approximate surface area is 158 Å². The summed E-state index contributed by atoms with van der Waals surface area (Å²) in [5.74, 6) is 0.621. The van der Waals surface area contributed by atoms with Gasteiger partial charge in [0.05, 0.1) is 10.6 Å². The minimum absolute atomic E-state index is 0.146. The highest BCUT2D eigenvalue weighted by Crippen LogP contribution is 2.28.